The molecule has 0 atom stereocenters. The average Bonchev–Trinajstić information content (AvgIpc) is 2.64. The molecule has 1 heterocycles. The molecule has 0 spiro atoms. The van der Waals surface area contributed by atoms with Crippen molar-refractivity contribution in [2.75, 3.05) is 5.32 Å². The van der Waals surface area contributed by atoms with Crippen LogP contribution in [0, 0.1) is 0 Å². The van der Waals surface area contributed by atoms with E-state index in [2.05, 4.69) is 99.4 Å². The topological polar surface area (TPSA) is 12.0 Å². The van der Waals surface area contributed by atoms with Crippen molar-refractivity contribution in [1.82, 2.24) is 0 Å². The van der Waals surface area contributed by atoms with E-state index in [9.17, 15) is 0 Å². The van der Waals surface area contributed by atoms with Gasteiger partial charge in [0.1, 0.15) is 0 Å². The number of para-hydroxylation sites is 1. The second kappa shape index (κ2) is 6.37. The zero-order chi connectivity index (χ0) is 18.3. The number of anilines is 2. The van der Waals surface area contributed by atoms with E-state index in [-0.39, 0.29) is 5.41 Å². The summed E-state index contributed by atoms with van der Waals surface area (Å²) in [5.41, 5.74) is 7.18. The standard InChI is InChI=1S/C24H23NS/c1-16(17-8-7-9-19(14-17)24(2,3)4)18-12-13-23-21(15-18)25-20-10-5-6-11-22(20)26-23/h5-15,25H,1H2,2-4H3. The number of benzene rings is 3. The third kappa shape index (κ3) is 3.17. The molecule has 0 unspecified atom stereocenters. The van der Waals surface area contributed by atoms with E-state index in [1.807, 2.05) is 11.8 Å². The van der Waals surface area contributed by atoms with Crippen LogP contribution in [0.1, 0.15) is 37.5 Å². The molecule has 0 bridgehead atoms. The highest BCUT2D eigenvalue weighted by Gasteiger charge is 2.17. The van der Waals surface area contributed by atoms with Crippen LogP contribution in [0.4, 0.5) is 11.4 Å². The van der Waals surface area contributed by atoms with Crippen LogP contribution in [0.15, 0.2) is 83.1 Å². The first-order valence-electron chi connectivity index (χ1n) is 8.90. The molecule has 0 radical (unpaired) electrons. The number of hydrogen-bond donors (Lipinski definition) is 1. The van der Waals surface area contributed by atoms with Gasteiger partial charge in [-0.15, -0.1) is 0 Å². The van der Waals surface area contributed by atoms with Crippen molar-refractivity contribution in [3.05, 3.63) is 90.0 Å². The van der Waals surface area contributed by atoms with Crippen molar-refractivity contribution in [2.45, 2.75) is 36.0 Å². The summed E-state index contributed by atoms with van der Waals surface area (Å²) in [4.78, 5) is 2.52. The van der Waals surface area contributed by atoms with Crippen molar-refractivity contribution < 1.29 is 0 Å². The lowest BCUT2D eigenvalue weighted by molar-refractivity contribution is 0.590. The summed E-state index contributed by atoms with van der Waals surface area (Å²) in [6, 6.07) is 23.7. The van der Waals surface area contributed by atoms with Crippen LogP contribution < -0.4 is 5.32 Å². The average molecular weight is 358 g/mol. The normalized spacial score (nSPS) is 12.7. The van der Waals surface area contributed by atoms with Crippen molar-refractivity contribution in [2.24, 2.45) is 0 Å². The molecule has 130 valence electrons. The Balaban J connectivity index is 1.67. The minimum atomic E-state index is 0.133. The Morgan fingerprint density at radius 3 is 2.35 bits per heavy atom. The van der Waals surface area contributed by atoms with E-state index in [1.165, 1.54) is 26.6 Å². The summed E-state index contributed by atoms with van der Waals surface area (Å²) in [5, 5.41) is 3.56. The van der Waals surface area contributed by atoms with E-state index >= 15 is 0 Å². The minimum Gasteiger partial charge on any atom is -0.354 e. The van der Waals surface area contributed by atoms with Gasteiger partial charge in [-0.3, -0.25) is 0 Å². The largest absolute Gasteiger partial charge is 0.354 e. The maximum absolute atomic E-state index is 4.38. The highest BCUT2D eigenvalue weighted by Crippen LogP contribution is 2.45. The number of rotatable bonds is 2. The summed E-state index contributed by atoms with van der Waals surface area (Å²) in [6.07, 6.45) is 0. The molecule has 0 aliphatic carbocycles. The zero-order valence-corrected chi connectivity index (χ0v) is 16.3. The Morgan fingerprint density at radius 2 is 1.54 bits per heavy atom. The molecule has 4 rings (SSSR count). The fourth-order valence-electron chi connectivity index (χ4n) is 3.17. The van der Waals surface area contributed by atoms with Gasteiger partial charge in [-0.1, -0.05) is 81.6 Å². The molecule has 0 amide bonds. The summed E-state index contributed by atoms with van der Waals surface area (Å²) >= 11 is 1.81. The molecular weight excluding hydrogens is 334 g/mol. The highest BCUT2D eigenvalue weighted by molar-refractivity contribution is 7.99. The predicted molar refractivity (Wildman–Crippen MR) is 114 cm³/mol. The first kappa shape index (κ1) is 17.0. The zero-order valence-electron chi connectivity index (χ0n) is 15.5. The molecule has 1 nitrogen and oxygen atoms in total. The molecule has 0 saturated carbocycles. The third-order valence-electron chi connectivity index (χ3n) is 4.78. The third-order valence-corrected chi connectivity index (χ3v) is 5.93. The lowest BCUT2D eigenvalue weighted by atomic mass is 9.85. The number of nitrogens with one attached hydrogen (secondary N) is 1. The molecular formula is C24H23NS. The van der Waals surface area contributed by atoms with Crippen LogP contribution in [0.2, 0.25) is 0 Å². The van der Waals surface area contributed by atoms with E-state index in [4.69, 9.17) is 0 Å². The molecule has 2 heteroatoms. The molecule has 1 N–H and O–H groups in total. The molecule has 3 aromatic rings. The molecule has 1 aliphatic heterocycles. The van der Waals surface area contributed by atoms with Gasteiger partial charge in [-0.05, 0) is 51.9 Å². The number of fused-ring (bicyclic) bond motifs is 2. The fourth-order valence-corrected chi connectivity index (χ4v) is 4.14. The summed E-state index contributed by atoms with van der Waals surface area (Å²) < 4.78 is 0. The van der Waals surface area contributed by atoms with Gasteiger partial charge < -0.3 is 5.32 Å². The Bertz CT molecular complexity index is 995. The fraction of sp³-hybridized carbons (Fsp3) is 0.167. The second-order valence-electron chi connectivity index (χ2n) is 7.74. The highest BCUT2D eigenvalue weighted by atomic mass is 32.2. The molecule has 1 aliphatic rings. The molecule has 26 heavy (non-hydrogen) atoms. The van der Waals surface area contributed by atoms with Crippen LogP contribution >= 0.6 is 11.8 Å². The van der Waals surface area contributed by atoms with E-state index in [0.717, 1.165) is 16.8 Å². The quantitative estimate of drug-likeness (QED) is 0.405. The Kier molecular flexibility index (Phi) is 4.16. The number of hydrogen-bond acceptors (Lipinski definition) is 2. The van der Waals surface area contributed by atoms with Crippen LogP contribution in [0.3, 0.4) is 0 Å². The van der Waals surface area contributed by atoms with Gasteiger partial charge in [0.25, 0.3) is 0 Å². The maximum Gasteiger partial charge on any atom is 0.0532 e. The SMILES string of the molecule is C=C(c1cccc(C(C)(C)C)c1)c1ccc2c(c1)Nc1ccccc1S2. The van der Waals surface area contributed by atoms with Crippen LogP contribution in [-0.2, 0) is 5.41 Å². The van der Waals surface area contributed by atoms with Gasteiger partial charge in [0, 0.05) is 9.79 Å². The van der Waals surface area contributed by atoms with Crippen LogP contribution in [0.5, 0.6) is 0 Å². The van der Waals surface area contributed by atoms with Gasteiger partial charge in [-0.25, -0.2) is 0 Å². The first-order chi connectivity index (χ1) is 12.4. The van der Waals surface area contributed by atoms with E-state index in [0.29, 0.717) is 0 Å². The predicted octanol–water partition coefficient (Wildman–Crippen LogP) is 7.25. The monoisotopic (exact) mass is 357 g/mol. The lowest BCUT2D eigenvalue weighted by Crippen LogP contribution is -2.11. The molecule has 0 aromatic heterocycles. The van der Waals surface area contributed by atoms with Crippen LogP contribution in [0.25, 0.3) is 5.57 Å². The van der Waals surface area contributed by atoms with Crippen LogP contribution in [-0.4, -0.2) is 0 Å². The Morgan fingerprint density at radius 1 is 0.808 bits per heavy atom. The molecule has 3 aromatic carbocycles. The summed E-state index contributed by atoms with van der Waals surface area (Å²) in [6.45, 7) is 11.1. The summed E-state index contributed by atoms with van der Waals surface area (Å²) in [7, 11) is 0. The lowest BCUT2D eigenvalue weighted by Gasteiger charge is -2.22. The van der Waals surface area contributed by atoms with Crippen molar-refractivity contribution in [3.63, 3.8) is 0 Å². The Labute approximate surface area is 160 Å². The van der Waals surface area contributed by atoms with Gasteiger partial charge in [-0.2, -0.15) is 0 Å². The van der Waals surface area contributed by atoms with Crippen molar-refractivity contribution >= 4 is 28.7 Å². The molecule has 0 fully saturated rings. The second-order valence-corrected chi connectivity index (χ2v) is 8.83. The Hall–Kier alpha value is -2.45. The first-order valence-corrected chi connectivity index (χ1v) is 9.72. The van der Waals surface area contributed by atoms with Crippen molar-refractivity contribution in [1.29, 1.82) is 0 Å². The minimum absolute atomic E-state index is 0.133. The van der Waals surface area contributed by atoms with Gasteiger partial charge in [0.05, 0.1) is 11.4 Å². The maximum atomic E-state index is 4.38. The van der Waals surface area contributed by atoms with Gasteiger partial charge in [0.2, 0.25) is 0 Å². The van der Waals surface area contributed by atoms with E-state index in [1.54, 1.807) is 0 Å². The van der Waals surface area contributed by atoms with E-state index < -0.39 is 0 Å². The summed E-state index contributed by atoms with van der Waals surface area (Å²) in [5.74, 6) is 0. The van der Waals surface area contributed by atoms with Gasteiger partial charge >= 0.3 is 0 Å². The molecule has 0 saturated heterocycles. The van der Waals surface area contributed by atoms with Gasteiger partial charge in [0.15, 0.2) is 0 Å². The van der Waals surface area contributed by atoms with Crippen molar-refractivity contribution in [3.8, 4) is 0 Å². The smallest absolute Gasteiger partial charge is 0.0532 e.